The van der Waals surface area contributed by atoms with Crippen LogP contribution in [0.5, 0.6) is 0 Å². The van der Waals surface area contributed by atoms with Gasteiger partial charge in [-0.2, -0.15) is 0 Å². The molecule has 2 rings (SSSR count). The fourth-order valence-corrected chi connectivity index (χ4v) is 2.57. The summed E-state index contributed by atoms with van der Waals surface area (Å²) in [4.78, 5) is 18.1. The van der Waals surface area contributed by atoms with Gasteiger partial charge in [0.15, 0.2) is 5.96 Å². The molecular weight excluding hydrogens is 295 g/mol. The molecule has 1 amide bonds. The smallest absolute Gasteiger partial charge is 0.241 e. The molecule has 0 aliphatic carbocycles. The fourth-order valence-electron chi connectivity index (χ4n) is 2.57. The fraction of sp³-hybridized carbons (Fsp3) is 0.529. The number of nitrogens with zero attached hydrogens (tertiary/aromatic N) is 2. The molecule has 1 aromatic carbocycles. The molecule has 1 fully saturated rings. The van der Waals surface area contributed by atoms with Crippen LogP contribution in [0.25, 0.3) is 0 Å². The second-order valence-corrected chi connectivity index (χ2v) is 5.80. The maximum Gasteiger partial charge on any atom is 0.241 e. The van der Waals surface area contributed by atoms with Crippen LogP contribution in [-0.4, -0.2) is 43.4 Å². The third kappa shape index (κ3) is 5.23. The van der Waals surface area contributed by atoms with Gasteiger partial charge in [0.2, 0.25) is 5.91 Å². The van der Waals surface area contributed by atoms with Gasteiger partial charge < -0.3 is 15.5 Å². The van der Waals surface area contributed by atoms with Crippen LogP contribution in [-0.2, 0) is 11.3 Å². The summed E-state index contributed by atoms with van der Waals surface area (Å²) >= 11 is 0. The minimum absolute atomic E-state index is 0.0917. The molecule has 0 bridgehead atoms. The van der Waals surface area contributed by atoms with Crippen LogP contribution in [0.2, 0.25) is 0 Å². The SMILES string of the molecule is CN=C(NCC(=O)N1CCCCC1)NCc1ccc(C)c(F)c1. The highest BCUT2D eigenvalue weighted by atomic mass is 19.1. The van der Waals surface area contributed by atoms with E-state index in [0.717, 1.165) is 31.5 Å². The van der Waals surface area contributed by atoms with E-state index in [1.165, 1.54) is 12.5 Å². The number of halogens is 1. The lowest BCUT2D eigenvalue weighted by atomic mass is 10.1. The number of amides is 1. The zero-order chi connectivity index (χ0) is 16.7. The van der Waals surface area contributed by atoms with Crippen LogP contribution < -0.4 is 10.6 Å². The van der Waals surface area contributed by atoms with E-state index in [1.807, 2.05) is 11.0 Å². The highest BCUT2D eigenvalue weighted by molar-refractivity contribution is 5.86. The molecular formula is C17H25FN4O. The predicted molar refractivity (Wildman–Crippen MR) is 89.8 cm³/mol. The summed E-state index contributed by atoms with van der Waals surface area (Å²) in [6.07, 6.45) is 3.36. The minimum Gasteiger partial charge on any atom is -0.352 e. The molecule has 5 nitrogen and oxygen atoms in total. The summed E-state index contributed by atoms with van der Waals surface area (Å²) < 4.78 is 13.5. The topological polar surface area (TPSA) is 56.7 Å². The second kappa shape index (κ2) is 8.50. The second-order valence-electron chi connectivity index (χ2n) is 5.80. The summed E-state index contributed by atoms with van der Waals surface area (Å²) in [5, 5.41) is 6.11. The average Bonchev–Trinajstić information content (AvgIpc) is 2.58. The summed E-state index contributed by atoms with van der Waals surface area (Å²) in [6, 6.07) is 5.13. The molecule has 6 heteroatoms. The maximum atomic E-state index is 13.5. The largest absolute Gasteiger partial charge is 0.352 e. The lowest BCUT2D eigenvalue weighted by Crippen LogP contribution is -2.45. The number of aryl methyl sites for hydroxylation is 1. The molecule has 0 unspecified atom stereocenters. The van der Waals surface area contributed by atoms with Crippen molar-refractivity contribution < 1.29 is 9.18 Å². The van der Waals surface area contributed by atoms with E-state index in [2.05, 4.69) is 15.6 Å². The predicted octanol–water partition coefficient (Wildman–Crippen LogP) is 1.81. The summed E-state index contributed by atoms with van der Waals surface area (Å²) in [5.74, 6) is 0.415. The molecule has 1 aliphatic rings. The summed E-state index contributed by atoms with van der Waals surface area (Å²) in [5.41, 5.74) is 1.46. The van der Waals surface area contributed by atoms with Crippen molar-refractivity contribution in [3.8, 4) is 0 Å². The van der Waals surface area contributed by atoms with Crippen molar-refractivity contribution in [1.82, 2.24) is 15.5 Å². The first-order chi connectivity index (χ1) is 11.1. The standard InChI is InChI=1S/C17H25FN4O/c1-13-6-7-14(10-15(13)18)11-20-17(19-2)21-12-16(23)22-8-4-3-5-9-22/h6-7,10H,3-5,8-9,11-12H2,1-2H3,(H2,19,20,21). The zero-order valence-electron chi connectivity index (χ0n) is 13.9. The summed E-state index contributed by atoms with van der Waals surface area (Å²) in [7, 11) is 1.65. The number of benzene rings is 1. The zero-order valence-corrected chi connectivity index (χ0v) is 13.9. The number of guanidine groups is 1. The van der Waals surface area contributed by atoms with Crippen molar-refractivity contribution >= 4 is 11.9 Å². The first-order valence-electron chi connectivity index (χ1n) is 8.07. The van der Waals surface area contributed by atoms with E-state index in [4.69, 9.17) is 0 Å². The average molecular weight is 320 g/mol. The Morgan fingerprint density at radius 3 is 2.65 bits per heavy atom. The quantitative estimate of drug-likeness (QED) is 0.657. The number of aliphatic imine (C=N–C) groups is 1. The van der Waals surface area contributed by atoms with Gasteiger partial charge in [-0.25, -0.2) is 4.39 Å². The molecule has 0 radical (unpaired) electrons. The lowest BCUT2D eigenvalue weighted by molar-refractivity contribution is -0.130. The first kappa shape index (κ1) is 17.2. The van der Waals surface area contributed by atoms with Crippen molar-refractivity contribution in [3.05, 3.63) is 35.1 Å². The van der Waals surface area contributed by atoms with Crippen molar-refractivity contribution in [1.29, 1.82) is 0 Å². The Balaban J connectivity index is 1.78. The number of piperidine rings is 1. The molecule has 126 valence electrons. The Labute approximate surface area is 137 Å². The highest BCUT2D eigenvalue weighted by Gasteiger charge is 2.16. The molecule has 0 spiro atoms. The number of rotatable bonds is 4. The van der Waals surface area contributed by atoms with Crippen LogP contribution in [0.4, 0.5) is 4.39 Å². The van der Waals surface area contributed by atoms with Gasteiger partial charge in [0.05, 0.1) is 6.54 Å². The van der Waals surface area contributed by atoms with Crippen LogP contribution in [0, 0.1) is 12.7 Å². The van der Waals surface area contributed by atoms with Gasteiger partial charge in [-0.15, -0.1) is 0 Å². The van der Waals surface area contributed by atoms with E-state index in [0.29, 0.717) is 18.1 Å². The number of hydrogen-bond donors (Lipinski definition) is 2. The first-order valence-corrected chi connectivity index (χ1v) is 8.07. The Kier molecular flexibility index (Phi) is 6.38. The van der Waals surface area contributed by atoms with Crippen LogP contribution in [0.15, 0.2) is 23.2 Å². The van der Waals surface area contributed by atoms with Crippen molar-refractivity contribution in [2.75, 3.05) is 26.7 Å². The van der Waals surface area contributed by atoms with Crippen LogP contribution >= 0.6 is 0 Å². The minimum atomic E-state index is -0.215. The number of likely N-dealkylation sites (tertiary alicyclic amines) is 1. The van der Waals surface area contributed by atoms with Gasteiger partial charge in [0.1, 0.15) is 5.82 Å². The van der Waals surface area contributed by atoms with E-state index < -0.39 is 0 Å². The third-order valence-corrected chi connectivity index (χ3v) is 4.04. The van der Waals surface area contributed by atoms with Crippen molar-refractivity contribution in [3.63, 3.8) is 0 Å². The number of carbonyl (C=O) groups excluding carboxylic acids is 1. The molecule has 1 heterocycles. The Bertz CT molecular complexity index is 568. The van der Waals surface area contributed by atoms with E-state index in [-0.39, 0.29) is 18.3 Å². The molecule has 23 heavy (non-hydrogen) atoms. The summed E-state index contributed by atoms with van der Waals surface area (Å²) in [6.45, 7) is 4.10. The van der Waals surface area contributed by atoms with E-state index in [1.54, 1.807) is 20.0 Å². The van der Waals surface area contributed by atoms with Gasteiger partial charge >= 0.3 is 0 Å². The Hall–Kier alpha value is -2.11. The van der Waals surface area contributed by atoms with Gasteiger partial charge in [-0.3, -0.25) is 9.79 Å². The molecule has 0 aromatic heterocycles. The highest BCUT2D eigenvalue weighted by Crippen LogP contribution is 2.09. The molecule has 0 atom stereocenters. The van der Waals surface area contributed by atoms with Gasteiger partial charge in [0.25, 0.3) is 0 Å². The lowest BCUT2D eigenvalue weighted by Gasteiger charge is -2.27. The number of hydrogen-bond acceptors (Lipinski definition) is 2. The van der Waals surface area contributed by atoms with Crippen LogP contribution in [0.3, 0.4) is 0 Å². The van der Waals surface area contributed by atoms with E-state index in [9.17, 15) is 9.18 Å². The van der Waals surface area contributed by atoms with Crippen molar-refractivity contribution in [2.45, 2.75) is 32.7 Å². The van der Waals surface area contributed by atoms with Crippen LogP contribution in [0.1, 0.15) is 30.4 Å². The van der Waals surface area contributed by atoms with Crippen molar-refractivity contribution in [2.24, 2.45) is 4.99 Å². The van der Waals surface area contributed by atoms with Gasteiger partial charge in [-0.05, 0) is 43.4 Å². The molecule has 2 N–H and O–H groups in total. The normalized spacial score (nSPS) is 15.4. The van der Waals surface area contributed by atoms with Gasteiger partial charge in [-0.1, -0.05) is 12.1 Å². The molecule has 1 aromatic rings. The Morgan fingerprint density at radius 2 is 2.00 bits per heavy atom. The monoisotopic (exact) mass is 320 g/mol. The third-order valence-electron chi connectivity index (χ3n) is 4.04. The van der Waals surface area contributed by atoms with E-state index >= 15 is 0 Å². The number of carbonyl (C=O) groups is 1. The van der Waals surface area contributed by atoms with Gasteiger partial charge in [0, 0.05) is 26.7 Å². The maximum absolute atomic E-state index is 13.5. The molecule has 1 aliphatic heterocycles. The number of nitrogens with one attached hydrogen (secondary N) is 2. The Morgan fingerprint density at radius 1 is 1.26 bits per heavy atom. The molecule has 0 saturated carbocycles. The molecule has 1 saturated heterocycles.